The van der Waals surface area contributed by atoms with E-state index >= 15 is 0 Å². The first-order valence-corrected chi connectivity index (χ1v) is 10.9. The average Bonchev–Trinajstić information content (AvgIpc) is 2.85. The van der Waals surface area contributed by atoms with E-state index in [-0.39, 0.29) is 22.6 Å². The molecule has 0 saturated carbocycles. The SMILES string of the molecule is COc1ccc(-c2c(C(=O)c3ccc(Cl)cc3)c(C)[n+](C)c(-c3ccccc3)c2[N+](=O)[O-])cc1. The molecule has 0 radical (unpaired) electrons. The smallest absolute Gasteiger partial charge is 0.349 e. The monoisotopic (exact) mass is 473 g/mol. The van der Waals surface area contributed by atoms with E-state index in [1.165, 1.54) is 0 Å². The molecule has 1 aromatic heterocycles. The van der Waals surface area contributed by atoms with Gasteiger partial charge in [-0.1, -0.05) is 41.9 Å². The van der Waals surface area contributed by atoms with Crippen molar-refractivity contribution in [2.75, 3.05) is 7.11 Å². The van der Waals surface area contributed by atoms with Crippen LogP contribution in [0.5, 0.6) is 5.75 Å². The number of rotatable bonds is 6. The Kier molecular flexibility index (Phi) is 6.43. The number of pyridine rings is 1. The van der Waals surface area contributed by atoms with Gasteiger partial charge in [-0.15, -0.1) is 0 Å². The van der Waals surface area contributed by atoms with Crippen molar-refractivity contribution in [3.63, 3.8) is 0 Å². The van der Waals surface area contributed by atoms with Gasteiger partial charge >= 0.3 is 5.69 Å². The third-order valence-corrected chi connectivity index (χ3v) is 6.11. The number of hydrogen-bond donors (Lipinski definition) is 0. The summed E-state index contributed by atoms with van der Waals surface area (Å²) in [6, 6.07) is 22.6. The lowest BCUT2D eigenvalue weighted by Gasteiger charge is -2.15. The number of nitro groups is 1. The molecule has 1 heterocycles. The summed E-state index contributed by atoms with van der Waals surface area (Å²) in [6.45, 7) is 1.80. The van der Waals surface area contributed by atoms with Gasteiger partial charge in [-0.3, -0.25) is 14.9 Å². The van der Waals surface area contributed by atoms with Crippen LogP contribution in [0.1, 0.15) is 21.6 Å². The Morgan fingerprint density at radius 3 is 2.12 bits per heavy atom. The predicted molar refractivity (Wildman–Crippen MR) is 131 cm³/mol. The Labute approximate surface area is 202 Å². The standard InChI is InChI=1S/C27H22ClN2O4/c1-17-23(27(31)20-9-13-21(28)14-10-20)24(18-11-15-22(34-3)16-12-18)26(30(32)33)25(29(17)2)19-7-5-4-6-8-19/h4-16H,1-3H3/q+1. The maximum atomic E-state index is 13.8. The molecule has 0 saturated heterocycles. The van der Waals surface area contributed by atoms with Gasteiger partial charge in [0.05, 0.1) is 23.2 Å². The minimum Gasteiger partial charge on any atom is -0.497 e. The van der Waals surface area contributed by atoms with Crippen LogP contribution in [-0.2, 0) is 7.05 Å². The first-order valence-electron chi connectivity index (χ1n) is 10.5. The number of ketones is 1. The van der Waals surface area contributed by atoms with Crippen LogP contribution in [0.15, 0.2) is 78.9 Å². The van der Waals surface area contributed by atoms with Crippen LogP contribution < -0.4 is 9.30 Å². The van der Waals surface area contributed by atoms with Crippen LogP contribution in [0.3, 0.4) is 0 Å². The van der Waals surface area contributed by atoms with Crippen LogP contribution in [0.25, 0.3) is 22.4 Å². The van der Waals surface area contributed by atoms with E-state index in [1.807, 2.05) is 30.3 Å². The molecule has 0 aliphatic carbocycles. The number of methoxy groups -OCH3 is 1. The fourth-order valence-corrected chi connectivity index (χ4v) is 4.20. The highest BCUT2D eigenvalue weighted by atomic mass is 35.5. The maximum absolute atomic E-state index is 13.8. The fraction of sp³-hybridized carbons (Fsp3) is 0.111. The summed E-state index contributed by atoms with van der Waals surface area (Å²) in [6.07, 6.45) is 0. The highest BCUT2D eigenvalue weighted by Crippen LogP contribution is 2.41. The zero-order chi connectivity index (χ0) is 24.4. The molecule has 0 aliphatic rings. The van der Waals surface area contributed by atoms with Gasteiger partial charge in [0, 0.05) is 17.5 Å². The topological polar surface area (TPSA) is 73.3 Å². The highest BCUT2D eigenvalue weighted by molar-refractivity contribution is 6.30. The van der Waals surface area contributed by atoms with Crippen LogP contribution in [0.4, 0.5) is 5.69 Å². The quantitative estimate of drug-likeness (QED) is 0.150. The molecular formula is C27H22ClN2O4+. The summed E-state index contributed by atoms with van der Waals surface area (Å²) in [7, 11) is 3.29. The Morgan fingerprint density at radius 2 is 1.56 bits per heavy atom. The first kappa shape index (κ1) is 23.1. The molecule has 0 atom stereocenters. The summed E-state index contributed by atoms with van der Waals surface area (Å²) in [5, 5.41) is 13.1. The Morgan fingerprint density at radius 1 is 0.941 bits per heavy atom. The highest BCUT2D eigenvalue weighted by Gasteiger charge is 2.38. The molecule has 3 aromatic carbocycles. The van der Waals surface area contributed by atoms with Crippen LogP contribution >= 0.6 is 11.6 Å². The van der Waals surface area contributed by atoms with E-state index in [0.29, 0.717) is 38.9 Å². The van der Waals surface area contributed by atoms with Gasteiger partial charge in [0.1, 0.15) is 18.4 Å². The number of halogens is 1. The second-order valence-corrected chi connectivity index (χ2v) is 8.22. The molecule has 34 heavy (non-hydrogen) atoms. The zero-order valence-electron chi connectivity index (χ0n) is 18.9. The number of carbonyl (C=O) groups is 1. The lowest BCUT2D eigenvalue weighted by atomic mass is 9.89. The largest absolute Gasteiger partial charge is 0.497 e. The van der Waals surface area contributed by atoms with E-state index in [0.717, 1.165) is 0 Å². The number of benzene rings is 3. The van der Waals surface area contributed by atoms with Crippen molar-refractivity contribution >= 4 is 23.1 Å². The van der Waals surface area contributed by atoms with Gasteiger partial charge in [-0.05, 0) is 54.1 Å². The summed E-state index contributed by atoms with van der Waals surface area (Å²) >= 11 is 6.01. The molecule has 170 valence electrons. The molecule has 0 bridgehead atoms. The van der Waals surface area contributed by atoms with Crippen molar-refractivity contribution in [2.24, 2.45) is 7.05 Å². The summed E-state index contributed by atoms with van der Waals surface area (Å²) < 4.78 is 6.97. The van der Waals surface area contributed by atoms with Gasteiger partial charge < -0.3 is 4.74 Å². The van der Waals surface area contributed by atoms with Crippen molar-refractivity contribution in [1.82, 2.24) is 0 Å². The number of nitrogens with zero attached hydrogens (tertiary/aromatic N) is 2. The Bertz CT molecular complexity index is 1380. The predicted octanol–water partition coefficient (Wildman–Crippen LogP) is 5.95. The summed E-state index contributed by atoms with van der Waals surface area (Å²) in [4.78, 5) is 25.9. The number of hydrogen-bond acceptors (Lipinski definition) is 4. The van der Waals surface area contributed by atoms with E-state index in [9.17, 15) is 14.9 Å². The van der Waals surface area contributed by atoms with Crippen molar-refractivity contribution in [2.45, 2.75) is 6.92 Å². The van der Waals surface area contributed by atoms with Crippen LogP contribution in [0, 0.1) is 17.0 Å². The second kappa shape index (κ2) is 9.45. The molecule has 0 N–H and O–H groups in total. The van der Waals surface area contributed by atoms with E-state index in [2.05, 4.69) is 0 Å². The van der Waals surface area contributed by atoms with Gasteiger partial charge in [0.15, 0.2) is 11.5 Å². The third kappa shape index (κ3) is 4.16. The normalized spacial score (nSPS) is 10.7. The summed E-state index contributed by atoms with van der Waals surface area (Å²) in [5.74, 6) is 0.289. The average molecular weight is 474 g/mol. The molecule has 6 nitrogen and oxygen atoms in total. The molecule has 0 spiro atoms. The molecule has 7 heteroatoms. The number of carbonyl (C=O) groups excluding carboxylic acids is 1. The van der Waals surface area contributed by atoms with Crippen molar-refractivity contribution in [1.29, 1.82) is 0 Å². The number of aromatic nitrogens is 1. The van der Waals surface area contributed by atoms with Gasteiger partial charge in [-0.25, -0.2) is 0 Å². The van der Waals surface area contributed by atoms with Crippen molar-refractivity contribution in [3.8, 4) is 28.1 Å². The van der Waals surface area contributed by atoms with Crippen molar-refractivity contribution < 1.29 is 19.0 Å². The molecule has 4 aromatic rings. The molecule has 0 unspecified atom stereocenters. The molecular weight excluding hydrogens is 452 g/mol. The Hall–Kier alpha value is -4.03. The van der Waals surface area contributed by atoms with Gasteiger partial charge in [0.25, 0.3) is 5.69 Å². The molecule has 0 fully saturated rings. The first-order chi connectivity index (χ1) is 16.3. The van der Waals surface area contributed by atoms with Gasteiger partial charge in [-0.2, -0.15) is 4.57 Å². The van der Waals surface area contributed by atoms with E-state index in [4.69, 9.17) is 16.3 Å². The zero-order valence-corrected chi connectivity index (χ0v) is 19.7. The van der Waals surface area contributed by atoms with Gasteiger partial charge in [0.2, 0.25) is 0 Å². The van der Waals surface area contributed by atoms with E-state index < -0.39 is 4.92 Å². The minimum absolute atomic E-state index is 0.137. The minimum atomic E-state index is -0.417. The van der Waals surface area contributed by atoms with E-state index in [1.54, 1.807) is 74.2 Å². The van der Waals surface area contributed by atoms with Crippen LogP contribution in [-0.4, -0.2) is 17.8 Å². The third-order valence-electron chi connectivity index (χ3n) is 5.85. The van der Waals surface area contributed by atoms with Crippen LogP contribution in [0.2, 0.25) is 5.02 Å². The van der Waals surface area contributed by atoms with Crippen molar-refractivity contribution in [3.05, 3.63) is 111 Å². The number of ether oxygens (including phenoxy) is 1. The maximum Gasteiger partial charge on any atom is 0.349 e. The molecule has 4 rings (SSSR count). The fourth-order valence-electron chi connectivity index (χ4n) is 4.08. The molecule has 0 amide bonds. The summed E-state index contributed by atoms with van der Waals surface area (Å²) in [5.41, 5.74) is 3.04. The second-order valence-electron chi connectivity index (χ2n) is 7.78. The lowest BCUT2D eigenvalue weighted by molar-refractivity contribution is -0.669. The Balaban J connectivity index is 2.12. The molecule has 0 aliphatic heterocycles. The lowest BCUT2D eigenvalue weighted by Crippen LogP contribution is -2.38.